The number of amides is 3. The third-order valence-electron chi connectivity index (χ3n) is 5.25. The van der Waals surface area contributed by atoms with Crippen LogP contribution in [0.15, 0.2) is 24.3 Å². The topological polar surface area (TPSA) is 132 Å². The minimum Gasteiger partial charge on any atom is -0.388 e. The van der Waals surface area contributed by atoms with E-state index in [1.54, 1.807) is 0 Å². The van der Waals surface area contributed by atoms with E-state index in [-0.39, 0.29) is 24.6 Å². The fourth-order valence-electron chi connectivity index (χ4n) is 3.53. The number of aliphatic hydroxyl groups excluding tert-OH is 2. The molecule has 5 N–H and O–H groups in total. The van der Waals surface area contributed by atoms with E-state index in [2.05, 4.69) is 20.9 Å². The first-order chi connectivity index (χ1) is 14.9. The number of halogens is 1. The maximum absolute atomic E-state index is 13.2. The molecule has 3 amide bonds. The van der Waals surface area contributed by atoms with Crippen molar-refractivity contribution in [3.8, 4) is 0 Å². The van der Waals surface area contributed by atoms with Gasteiger partial charge in [0.15, 0.2) is 0 Å². The molecule has 2 heterocycles. The molecule has 0 spiro atoms. The Hall–Kier alpha value is -2.31. The number of aliphatic hydroxyl groups is 2. The summed E-state index contributed by atoms with van der Waals surface area (Å²) >= 11 is 0. The van der Waals surface area contributed by atoms with Crippen LogP contribution in [0.5, 0.6) is 0 Å². The minimum absolute atomic E-state index is 0.0888. The second kappa shape index (κ2) is 11.3. The van der Waals surface area contributed by atoms with Gasteiger partial charge in [-0.05, 0) is 18.2 Å². The minimum atomic E-state index is -1.25. The van der Waals surface area contributed by atoms with Gasteiger partial charge >= 0.3 is 6.03 Å². The first kappa shape index (κ1) is 23.4. The van der Waals surface area contributed by atoms with Crippen LogP contribution < -0.4 is 16.0 Å². The highest BCUT2D eigenvalue weighted by atomic mass is 19.1. The van der Waals surface area contributed by atoms with E-state index < -0.39 is 36.3 Å². The molecule has 2 aliphatic heterocycles. The summed E-state index contributed by atoms with van der Waals surface area (Å²) in [6.45, 7) is 4.11. The average molecular weight is 440 g/mol. The molecule has 4 atom stereocenters. The first-order valence-corrected chi connectivity index (χ1v) is 10.3. The summed E-state index contributed by atoms with van der Waals surface area (Å²) in [5, 5.41) is 28.1. The number of hydrogen-bond acceptors (Lipinski definition) is 7. The summed E-state index contributed by atoms with van der Waals surface area (Å²) < 4.78 is 24.0. The van der Waals surface area contributed by atoms with Gasteiger partial charge in [0.05, 0.1) is 25.7 Å². The summed E-state index contributed by atoms with van der Waals surface area (Å²) in [4.78, 5) is 26.3. The first-order valence-electron chi connectivity index (χ1n) is 10.3. The van der Waals surface area contributed by atoms with E-state index in [1.165, 1.54) is 18.2 Å². The molecule has 2 aliphatic rings. The number of benzene rings is 1. The number of morpholine rings is 1. The zero-order chi connectivity index (χ0) is 22.2. The number of rotatable bonds is 8. The Labute approximate surface area is 179 Å². The highest BCUT2D eigenvalue weighted by Crippen LogP contribution is 2.23. The fraction of sp³-hybridized carbons (Fsp3) is 0.600. The molecule has 0 radical (unpaired) electrons. The third kappa shape index (κ3) is 7.11. The molecule has 2 saturated heterocycles. The van der Waals surface area contributed by atoms with Crippen molar-refractivity contribution < 1.29 is 33.7 Å². The largest absolute Gasteiger partial charge is 0.388 e. The zero-order valence-corrected chi connectivity index (χ0v) is 17.1. The number of urea groups is 1. The van der Waals surface area contributed by atoms with Gasteiger partial charge in [-0.3, -0.25) is 9.69 Å². The highest BCUT2D eigenvalue weighted by Gasteiger charge is 2.43. The molecular formula is C20H29FN4O6. The van der Waals surface area contributed by atoms with Gasteiger partial charge < -0.3 is 35.6 Å². The van der Waals surface area contributed by atoms with Crippen molar-refractivity contribution in [3.05, 3.63) is 30.1 Å². The number of ether oxygens (including phenoxy) is 2. The van der Waals surface area contributed by atoms with Crippen LogP contribution in [0.4, 0.5) is 14.9 Å². The van der Waals surface area contributed by atoms with Gasteiger partial charge in [-0.15, -0.1) is 0 Å². The number of nitrogens with one attached hydrogen (secondary N) is 3. The molecule has 10 nitrogen and oxygen atoms in total. The van der Waals surface area contributed by atoms with Gasteiger partial charge in [-0.1, -0.05) is 6.07 Å². The third-order valence-corrected chi connectivity index (χ3v) is 5.25. The molecule has 11 heteroatoms. The second-order valence-corrected chi connectivity index (χ2v) is 7.55. The van der Waals surface area contributed by atoms with Gasteiger partial charge in [0.25, 0.3) is 0 Å². The summed E-state index contributed by atoms with van der Waals surface area (Å²) in [5.74, 6) is -0.775. The van der Waals surface area contributed by atoms with Gasteiger partial charge in [0.1, 0.15) is 24.1 Å². The molecule has 0 unspecified atom stereocenters. The van der Waals surface area contributed by atoms with Gasteiger partial charge in [-0.25, -0.2) is 9.18 Å². The molecular weight excluding hydrogens is 411 g/mol. The average Bonchev–Trinajstić information content (AvgIpc) is 3.01. The predicted molar refractivity (Wildman–Crippen MR) is 109 cm³/mol. The Kier molecular flexibility index (Phi) is 8.55. The lowest BCUT2D eigenvalue weighted by Crippen LogP contribution is -2.42. The Bertz CT molecular complexity index is 748. The lowest BCUT2D eigenvalue weighted by atomic mass is 10.1. The number of anilines is 1. The summed E-state index contributed by atoms with van der Waals surface area (Å²) in [6.07, 6.45) is -4.35. The normalized spacial score (nSPS) is 26.4. The van der Waals surface area contributed by atoms with Crippen LogP contribution in [0.25, 0.3) is 0 Å². The molecule has 3 rings (SSSR count). The Morgan fingerprint density at radius 1 is 1.13 bits per heavy atom. The van der Waals surface area contributed by atoms with E-state index in [1.807, 2.05) is 0 Å². The van der Waals surface area contributed by atoms with Crippen LogP contribution in [0.1, 0.15) is 6.42 Å². The molecule has 0 bridgehead atoms. The summed E-state index contributed by atoms with van der Waals surface area (Å²) in [6, 6.07) is 4.80. The van der Waals surface area contributed by atoms with Crippen molar-refractivity contribution in [1.29, 1.82) is 0 Å². The Balaban J connectivity index is 1.37. The van der Waals surface area contributed by atoms with Crippen LogP contribution in [-0.2, 0) is 14.3 Å². The molecule has 0 saturated carbocycles. The monoisotopic (exact) mass is 440 g/mol. The number of carbonyl (C=O) groups is 2. The zero-order valence-electron chi connectivity index (χ0n) is 17.1. The van der Waals surface area contributed by atoms with E-state index in [0.717, 1.165) is 19.2 Å². The predicted octanol–water partition coefficient (Wildman–Crippen LogP) is -0.725. The lowest BCUT2D eigenvalue weighted by molar-refractivity contribution is -0.125. The molecule has 0 aliphatic carbocycles. The second-order valence-electron chi connectivity index (χ2n) is 7.55. The Morgan fingerprint density at radius 2 is 1.87 bits per heavy atom. The summed E-state index contributed by atoms with van der Waals surface area (Å²) in [7, 11) is 0. The Morgan fingerprint density at radius 3 is 2.61 bits per heavy atom. The lowest BCUT2D eigenvalue weighted by Gasteiger charge is -2.26. The number of hydrogen-bond donors (Lipinski definition) is 5. The van der Waals surface area contributed by atoms with E-state index in [4.69, 9.17) is 9.47 Å². The van der Waals surface area contributed by atoms with Crippen molar-refractivity contribution in [3.63, 3.8) is 0 Å². The van der Waals surface area contributed by atoms with E-state index in [0.29, 0.717) is 26.3 Å². The van der Waals surface area contributed by atoms with Crippen molar-refractivity contribution in [2.45, 2.75) is 30.8 Å². The standard InChI is InChI=1S/C20H29FN4O6/c21-13-2-1-3-14(10-13)24-20(29)23-12-16-19(28)18(27)15(31-16)11-17(26)22-4-5-25-6-8-30-9-7-25/h1-3,10,15-16,18-19,27-28H,4-9,11-12H2,(H,22,26)(H2,23,24,29)/t15-,16+,18-,19+/m0/s1. The fourth-order valence-corrected chi connectivity index (χ4v) is 3.53. The molecule has 0 aromatic heterocycles. The van der Waals surface area contributed by atoms with Crippen molar-refractivity contribution in [2.24, 2.45) is 0 Å². The van der Waals surface area contributed by atoms with Crippen LogP contribution >= 0.6 is 0 Å². The molecule has 31 heavy (non-hydrogen) atoms. The molecule has 172 valence electrons. The van der Waals surface area contributed by atoms with Crippen LogP contribution in [-0.4, -0.2) is 97.4 Å². The highest BCUT2D eigenvalue weighted by molar-refractivity contribution is 5.89. The summed E-state index contributed by atoms with van der Waals surface area (Å²) in [5.41, 5.74) is 0.275. The molecule has 2 fully saturated rings. The smallest absolute Gasteiger partial charge is 0.319 e. The molecule has 1 aromatic carbocycles. The maximum Gasteiger partial charge on any atom is 0.319 e. The van der Waals surface area contributed by atoms with Crippen molar-refractivity contribution >= 4 is 17.6 Å². The number of nitrogens with zero attached hydrogens (tertiary/aromatic N) is 1. The van der Waals surface area contributed by atoms with Crippen LogP contribution in [0, 0.1) is 5.82 Å². The maximum atomic E-state index is 13.2. The SMILES string of the molecule is O=C(C[C@@H]1O[C@H](CNC(=O)Nc2cccc(F)c2)[C@@H](O)[C@H]1O)NCCN1CCOCC1. The van der Waals surface area contributed by atoms with E-state index in [9.17, 15) is 24.2 Å². The molecule has 1 aromatic rings. The van der Waals surface area contributed by atoms with Gasteiger partial charge in [-0.2, -0.15) is 0 Å². The van der Waals surface area contributed by atoms with Crippen molar-refractivity contribution in [2.75, 3.05) is 51.3 Å². The van der Waals surface area contributed by atoms with Crippen molar-refractivity contribution in [1.82, 2.24) is 15.5 Å². The van der Waals surface area contributed by atoms with Crippen LogP contribution in [0.2, 0.25) is 0 Å². The van der Waals surface area contributed by atoms with Crippen LogP contribution in [0.3, 0.4) is 0 Å². The van der Waals surface area contributed by atoms with Gasteiger partial charge in [0.2, 0.25) is 5.91 Å². The number of carbonyl (C=O) groups excluding carboxylic acids is 2. The van der Waals surface area contributed by atoms with Gasteiger partial charge in [0, 0.05) is 38.4 Å². The van der Waals surface area contributed by atoms with E-state index >= 15 is 0 Å². The quantitative estimate of drug-likeness (QED) is 0.360.